The van der Waals surface area contributed by atoms with Crippen molar-refractivity contribution in [3.05, 3.63) is 22.6 Å². The van der Waals surface area contributed by atoms with Gasteiger partial charge in [0.1, 0.15) is 0 Å². The Labute approximate surface area is 57.9 Å². The van der Waals surface area contributed by atoms with Gasteiger partial charge in [0, 0.05) is 0 Å². The highest BCUT2D eigenvalue weighted by molar-refractivity contribution is 5.07. The van der Waals surface area contributed by atoms with E-state index in [1.54, 1.807) is 14.1 Å². The largest absolute Gasteiger partial charge is 0.503 e. The molecule has 1 aromatic rings. The maximum atomic E-state index is 10.8. The third-order valence-corrected chi connectivity index (χ3v) is 1.38. The van der Waals surface area contributed by atoms with Gasteiger partial charge in [-0.15, -0.1) is 9.36 Å². The average molecular weight is 141 g/mol. The van der Waals surface area contributed by atoms with Crippen LogP contribution in [0.3, 0.4) is 0 Å². The molecular weight excluding hydrogens is 132 g/mol. The molecule has 0 spiro atoms. The van der Waals surface area contributed by atoms with Gasteiger partial charge in [-0.1, -0.05) is 0 Å². The number of rotatable bonds is 0. The van der Waals surface area contributed by atoms with Crippen molar-refractivity contribution in [1.29, 1.82) is 0 Å². The Morgan fingerprint density at radius 1 is 1.70 bits per heavy atom. The summed E-state index contributed by atoms with van der Waals surface area (Å²) in [6.07, 6.45) is 1.46. The summed E-state index contributed by atoms with van der Waals surface area (Å²) in [5.41, 5.74) is -0.220. The Morgan fingerprint density at radius 3 is 2.80 bits per heavy atom. The molecule has 0 amide bonds. The van der Waals surface area contributed by atoms with Crippen molar-refractivity contribution in [3.8, 4) is 5.75 Å². The van der Waals surface area contributed by atoms with Crippen LogP contribution in [0.5, 0.6) is 5.75 Å². The second-order valence-electron chi connectivity index (χ2n) is 2.13. The molecule has 0 radical (unpaired) electrons. The molecule has 1 heterocycles. The van der Waals surface area contributed by atoms with E-state index in [9.17, 15) is 4.79 Å². The highest BCUT2D eigenvalue weighted by atomic mass is 16.3. The highest BCUT2D eigenvalue weighted by Crippen LogP contribution is 1.94. The molecule has 0 bridgehead atoms. The minimum atomic E-state index is -0.220. The van der Waals surface area contributed by atoms with Crippen molar-refractivity contribution in [3.63, 3.8) is 0 Å². The third kappa shape index (κ3) is 1.00. The summed E-state index contributed by atoms with van der Waals surface area (Å²) in [4.78, 5) is 10.8. The fourth-order valence-electron chi connectivity index (χ4n) is 0.691. The second kappa shape index (κ2) is 2.13. The van der Waals surface area contributed by atoms with Crippen LogP contribution in [0.4, 0.5) is 0 Å². The lowest BCUT2D eigenvalue weighted by atomic mass is 10.5. The van der Waals surface area contributed by atoms with Crippen LogP contribution >= 0.6 is 0 Å². The molecule has 1 aromatic heterocycles. The maximum absolute atomic E-state index is 10.8. The Balaban J connectivity index is 3.46. The zero-order chi connectivity index (χ0) is 7.72. The van der Waals surface area contributed by atoms with Gasteiger partial charge in [-0.25, -0.2) is 0 Å². The van der Waals surface area contributed by atoms with Crippen LogP contribution < -0.4 is 10.2 Å². The molecule has 4 nitrogen and oxygen atoms in total. The molecule has 4 heteroatoms. The second-order valence-corrected chi connectivity index (χ2v) is 2.13. The minimum Gasteiger partial charge on any atom is -0.503 e. The van der Waals surface area contributed by atoms with Crippen LogP contribution in [0.1, 0.15) is 0 Å². The number of aromatic nitrogens is 2. The van der Waals surface area contributed by atoms with E-state index in [4.69, 9.17) is 5.11 Å². The molecule has 0 fully saturated rings. The van der Waals surface area contributed by atoms with Gasteiger partial charge in [0.2, 0.25) is 6.20 Å². The summed E-state index contributed by atoms with van der Waals surface area (Å²) in [7, 11) is 3.31. The third-order valence-electron chi connectivity index (χ3n) is 1.38. The van der Waals surface area contributed by atoms with E-state index in [1.165, 1.54) is 21.6 Å². The van der Waals surface area contributed by atoms with Crippen LogP contribution in [0, 0.1) is 0 Å². The SMILES string of the molecule is Cn1c(=O)cc(O)c[n+]1C. The average Bonchev–Trinajstić information content (AvgIpc) is 1.82. The first-order chi connectivity index (χ1) is 4.61. The highest BCUT2D eigenvalue weighted by Gasteiger charge is 2.02. The standard InChI is InChI=1S/C6H8N2O2/c1-7-4-5(9)3-6(10)8(7)2/h3-4H,1-2H3/p+1. The predicted molar refractivity (Wildman–Crippen MR) is 34.5 cm³/mol. The van der Waals surface area contributed by atoms with Gasteiger partial charge in [0.05, 0.1) is 13.1 Å². The zero-order valence-electron chi connectivity index (χ0n) is 5.90. The molecule has 0 atom stereocenters. The first-order valence-corrected chi connectivity index (χ1v) is 2.87. The molecule has 0 aliphatic carbocycles. The minimum absolute atomic E-state index is 0.00870. The predicted octanol–water partition coefficient (Wildman–Crippen LogP) is -1.08. The normalized spacial score (nSPS) is 9.80. The number of aryl methyl sites for hydroxylation is 1. The lowest BCUT2D eigenvalue weighted by molar-refractivity contribution is -0.757. The van der Waals surface area contributed by atoms with Gasteiger partial charge < -0.3 is 5.11 Å². The first-order valence-electron chi connectivity index (χ1n) is 2.87. The van der Waals surface area contributed by atoms with Crippen molar-refractivity contribution in [2.75, 3.05) is 0 Å². The first kappa shape index (κ1) is 6.80. The monoisotopic (exact) mass is 141 g/mol. The fraction of sp³-hybridized carbons (Fsp3) is 0.333. The van der Waals surface area contributed by atoms with Gasteiger partial charge in [0.15, 0.2) is 12.8 Å². The Morgan fingerprint density at radius 2 is 2.30 bits per heavy atom. The van der Waals surface area contributed by atoms with E-state index < -0.39 is 0 Å². The molecule has 1 rings (SSSR count). The molecule has 0 aliphatic heterocycles. The topological polar surface area (TPSA) is 46.1 Å². The Bertz CT molecular complexity index is 303. The van der Waals surface area contributed by atoms with E-state index in [-0.39, 0.29) is 11.3 Å². The summed E-state index contributed by atoms with van der Waals surface area (Å²) in [5.74, 6) is -0.00870. The molecule has 1 N–H and O–H groups in total. The molecule has 0 unspecified atom stereocenters. The molecular formula is C6H9N2O2+. The van der Waals surface area contributed by atoms with Gasteiger partial charge >= 0.3 is 5.56 Å². The van der Waals surface area contributed by atoms with Gasteiger partial charge in [-0.3, -0.25) is 4.79 Å². The summed E-state index contributed by atoms with van der Waals surface area (Å²) < 4.78 is 2.90. The van der Waals surface area contributed by atoms with Gasteiger partial charge in [0.25, 0.3) is 0 Å². The fourth-order valence-corrected chi connectivity index (χ4v) is 0.691. The number of hydrogen-bond donors (Lipinski definition) is 1. The summed E-state index contributed by atoms with van der Waals surface area (Å²) in [6, 6.07) is 1.17. The van der Waals surface area contributed by atoms with Crippen LogP contribution in [0.15, 0.2) is 17.1 Å². The quantitative estimate of drug-likeness (QED) is 0.467. The number of hydrogen-bond acceptors (Lipinski definition) is 2. The lowest BCUT2D eigenvalue weighted by Gasteiger charge is -1.94. The van der Waals surface area contributed by atoms with Crippen molar-refractivity contribution in [1.82, 2.24) is 4.68 Å². The van der Waals surface area contributed by atoms with Crippen LogP contribution in [-0.4, -0.2) is 9.79 Å². The summed E-state index contributed by atoms with van der Waals surface area (Å²) in [6.45, 7) is 0. The summed E-state index contributed by atoms with van der Waals surface area (Å²) >= 11 is 0. The smallest absolute Gasteiger partial charge is 0.304 e. The van der Waals surface area contributed by atoms with E-state index in [0.717, 1.165) is 0 Å². The van der Waals surface area contributed by atoms with E-state index in [0.29, 0.717) is 0 Å². The molecule has 0 saturated heterocycles. The molecule has 0 aliphatic rings. The molecule has 0 aromatic carbocycles. The number of nitrogens with zero attached hydrogens (tertiary/aromatic N) is 2. The van der Waals surface area contributed by atoms with Crippen LogP contribution in [0.25, 0.3) is 0 Å². The van der Waals surface area contributed by atoms with Crippen molar-refractivity contribution >= 4 is 0 Å². The number of aromatic hydroxyl groups is 1. The molecule has 0 saturated carbocycles. The van der Waals surface area contributed by atoms with E-state index in [1.807, 2.05) is 0 Å². The maximum Gasteiger partial charge on any atom is 0.304 e. The molecule has 10 heavy (non-hydrogen) atoms. The zero-order valence-corrected chi connectivity index (χ0v) is 5.90. The van der Waals surface area contributed by atoms with Crippen LogP contribution in [-0.2, 0) is 14.1 Å². The van der Waals surface area contributed by atoms with Gasteiger partial charge in [-0.05, 0) is 0 Å². The van der Waals surface area contributed by atoms with E-state index >= 15 is 0 Å². The molecule has 54 valence electrons. The van der Waals surface area contributed by atoms with Gasteiger partial charge in [-0.2, -0.15) is 0 Å². The van der Waals surface area contributed by atoms with Crippen molar-refractivity contribution in [2.45, 2.75) is 0 Å². The summed E-state index contributed by atoms with van der Waals surface area (Å²) in [5, 5.41) is 8.88. The van der Waals surface area contributed by atoms with Crippen LogP contribution in [0.2, 0.25) is 0 Å². The van der Waals surface area contributed by atoms with E-state index in [2.05, 4.69) is 0 Å². The Kier molecular flexibility index (Phi) is 1.45. The van der Waals surface area contributed by atoms with Crippen molar-refractivity contribution < 1.29 is 9.79 Å². The Hall–Kier alpha value is -1.32. The van der Waals surface area contributed by atoms with Crippen molar-refractivity contribution in [2.24, 2.45) is 14.1 Å². The lowest BCUT2D eigenvalue weighted by Crippen LogP contribution is -2.46.